The lowest BCUT2D eigenvalue weighted by molar-refractivity contribution is 0.161. The Morgan fingerprint density at radius 1 is 1.25 bits per heavy atom. The minimum atomic E-state index is -0.0532. The molecule has 2 nitrogen and oxygen atoms in total. The van der Waals surface area contributed by atoms with E-state index in [2.05, 4.69) is 41.1 Å². The lowest BCUT2D eigenvalue weighted by Gasteiger charge is -2.31. The summed E-state index contributed by atoms with van der Waals surface area (Å²) in [5.74, 6) is 0.829. The Labute approximate surface area is 132 Å². The van der Waals surface area contributed by atoms with Crippen molar-refractivity contribution in [3.8, 4) is 5.75 Å². The predicted octanol–water partition coefficient (Wildman–Crippen LogP) is 4.93. The van der Waals surface area contributed by atoms with Crippen molar-refractivity contribution in [3.63, 3.8) is 0 Å². The maximum atomic E-state index is 6.26. The summed E-state index contributed by atoms with van der Waals surface area (Å²) in [6.45, 7) is 2.07. The van der Waals surface area contributed by atoms with Crippen LogP contribution in [0.1, 0.15) is 35.3 Å². The van der Waals surface area contributed by atoms with Crippen molar-refractivity contribution in [1.82, 2.24) is 0 Å². The number of fused-ring (bicyclic) bond motifs is 1. The van der Waals surface area contributed by atoms with E-state index in [4.69, 9.17) is 22.1 Å². The van der Waals surface area contributed by atoms with Gasteiger partial charge in [-0.25, -0.2) is 0 Å². The highest BCUT2D eigenvalue weighted by Crippen LogP contribution is 2.41. The molecule has 3 rings (SSSR count). The summed E-state index contributed by atoms with van der Waals surface area (Å²) in [6, 6.07) is 11.9. The summed E-state index contributed by atoms with van der Waals surface area (Å²) < 4.78 is 7.17. The minimum absolute atomic E-state index is 0.0180. The van der Waals surface area contributed by atoms with Crippen molar-refractivity contribution < 1.29 is 4.74 Å². The molecule has 0 aliphatic carbocycles. The van der Waals surface area contributed by atoms with Crippen molar-refractivity contribution in [1.29, 1.82) is 0 Å². The molecule has 104 valence electrons. The summed E-state index contributed by atoms with van der Waals surface area (Å²) in [5, 5.41) is 0.694. The Bertz CT molecular complexity index is 659. The van der Waals surface area contributed by atoms with Gasteiger partial charge in [-0.1, -0.05) is 39.7 Å². The molecule has 0 bridgehead atoms. The third-order valence-corrected chi connectivity index (χ3v) is 4.77. The number of hydrogen-bond donors (Lipinski definition) is 1. The van der Waals surface area contributed by atoms with Gasteiger partial charge in [-0.3, -0.25) is 0 Å². The summed E-state index contributed by atoms with van der Waals surface area (Å²) >= 11 is 9.58. The Kier molecular flexibility index (Phi) is 3.76. The van der Waals surface area contributed by atoms with Crippen LogP contribution in [-0.2, 0) is 0 Å². The number of nitrogens with two attached hydrogens (primary N) is 1. The van der Waals surface area contributed by atoms with Gasteiger partial charge in [0.2, 0.25) is 0 Å². The molecule has 2 aromatic carbocycles. The predicted molar refractivity (Wildman–Crippen MR) is 85.2 cm³/mol. The molecule has 0 radical (unpaired) electrons. The Morgan fingerprint density at radius 2 is 2.05 bits per heavy atom. The standard InChI is InChI=1S/C16H15BrClNO/c1-9-2-3-10(6-13(9)17)16-8-14(19)12-7-11(18)4-5-15(12)20-16/h2-7,14,16H,8,19H2,1H3/t14-,16?/m1/s1. The molecule has 0 saturated heterocycles. The SMILES string of the molecule is Cc1ccc(C2C[C@@H](N)c3cc(Cl)ccc3O2)cc1Br. The van der Waals surface area contributed by atoms with Gasteiger partial charge in [-0.05, 0) is 42.3 Å². The van der Waals surface area contributed by atoms with Crippen LogP contribution in [-0.4, -0.2) is 0 Å². The molecular formula is C16H15BrClNO. The molecule has 1 unspecified atom stereocenters. The van der Waals surface area contributed by atoms with Crippen LogP contribution in [0.25, 0.3) is 0 Å². The zero-order valence-electron chi connectivity index (χ0n) is 11.1. The second-order valence-electron chi connectivity index (χ2n) is 5.14. The summed E-state index contributed by atoms with van der Waals surface area (Å²) in [5.41, 5.74) is 9.59. The van der Waals surface area contributed by atoms with Crippen molar-refractivity contribution >= 4 is 27.5 Å². The molecule has 4 heteroatoms. The maximum Gasteiger partial charge on any atom is 0.126 e. The van der Waals surface area contributed by atoms with Gasteiger partial charge >= 0.3 is 0 Å². The highest BCUT2D eigenvalue weighted by atomic mass is 79.9. The normalized spacial score (nSPS) is 21.2. The lowest BCUT2D eigenvalue weighted by atomic mass is 9.93. The van der Waals surface area contributed by atoms with Gasteiger partial charge in [0, 0.05) is 27.5 Å². The number of aryl methyl sites for hydroxylation is 1. The Hall–Kier alpha value is -1.03. The average Bonchev–Trinajstić information content (AvgIpc) is 2.42. The van der Waals surface area contributed by atoms with Crippen molar-refractivity contribution in [2.75, 3.05) is 0 Å². The van der Waals surface area contributed by atoms with Gasteiger partial charge in [-0.2, -0.15) is 0 Å². The fraction of sp³-hybridized carbons (Fsp3) is 0.250. The first-order valence-corrected chi connectivity index (χ1v) is 7.69. The quantitative estimate of drug-likeness (QED) is 0.789. The summed E-state index contributed by atoms with van der Waals surface area (Å²) in [4.78, 5) is 0. The van der Waals surface area contributed by atoms with Crippen LogP contribution >= 0.6 is 27.5 Å². The fourth-order valence-electron chi connectivity index (χ4n) is 2.49. The second-order valence-corrected chi connectivity index (χ2v) is 6.43. The van der Waals surface area contributed by atoms with Gasteiger partial charge < -0.3 is 10.5 Å². The Balaban J connectivity index is 1.94. The van der Waals surface area contributed by atoms with E-state index in [9.17, 15) is 0 Å². The third-order valence-electron chi connectivity index (χ3n) is 3.68. The van der Waals surface area contributed by atoms with E-state index in [0.717, 1.165) is 27.8 Å². The molecule has 0 saturated carbocycles. The van der Waals surface area contributed by atoms with E-state index in [0.29, 0.717) is 5.02 Å². The highest BCUT2D eigenvalue weighted by molar-refractivity contribution is 9.10. The van der Waals surface area contributed by atoms with Crippen LogP contribution in [0.4, 0.5) is 0 Å². The van der Waals surface area contributed by atoms with Gasteiger partial charge in [0.15, 0.2) is 0 Å². The van der Waals surface area contributed by atoms with Crippen LogP contribution in [0, 0.1) is 6.92 Å². The molecule has 1 aliphatic heterocycles. The third kappa shape index (κ3) is 2.58. The van der Waals surface area contributed by atoms with Gasteiger partial charge in [-0.15, -0.1) is 0 Å². The molecule has 1 aliphatic rings. The smallest absolute Gasteiger partial charge is 0.126 e. The van der Waals surface area contributed by atoms with E-state index in [1.54, 1.807) is 0 Å². The van der Waals surface area contributed by atoms with Crippen molar-refractivity contribution in [2.45, 2.75) is 25.5 Å². The van der Waals surface area contributed by atoms with Gasteiger partial charge in [0.05, 0.1) is 0 Å². The molecule has 0 spiro atoms. The summed E-state index contributed by atoms with van der Waals surface area (Å²) in [6.07, 6.45) is 0.735. The van der Waals surface area contributed by atoms with E-state index >= 15 is 0 Å². The molecule has 2 aromatic rings. The number of rotatable bonds is 1. The largest absolute Gasteiger partial charge is 0.485 e. The van der Waals surface area contributed by atoms with Crippen LogP contribution in [0.2, 0.25) is 5.02 Å². The fourth-order valence-corrected chi connectivity index (χ4v) is 3.07. The number of benzene rings is 2. The van der Waals surface area contributed by atoms with Crippen LogP contribution in [0.3, 0.4) is 0 Å². The monoisotopic (exact) mass is 351 g/mol. The van der Waals surface area contributed by atoms with Crippen LogP contribution in [0.15, 0.2) is 40.9 Å². The first-order chi connectivity index (χ1) is 9.54. The van der Waals surface area contributed by atoms with E-state index in [1.807, 2.05) is 18.2 Å². The molecular weight excluding hydrogens is 338 g/mol. The zero-order valence-corrected chi connectivity index (χ0v) is 13.4. The molecule has 2 N–H and O–H groups in total. The van der Waals surface area contributed by atoms with Crippen molar-refractivity contribution in [2.24, 2.45) is 5.73 Å². The molecule has 2 atom stereocenters. The zero-order chi connectivity index (χ0) is 14.3. The minimum Gasteiger partial charge on any atom is -0.485 e. The number of hydrogen-bond acceptors (Lipinski definition) is 2. The maximum absolute atomic E-state index is 6.26. The average molecular weight is 353 g/mol. The lowest BCUT2D eigenvalue weighted by Crippen LogP contribution is -2.24. The van der Waals surface area contributed by atoms with E-state index in [-0.39, 0.29) is 12.1 Å². The molecule has 0 aromatic heterocycles. The first kappa shape index (κ1) is 13.9. The summed E-state index contributed by atoms with van der Waals surface area (Å²) in [7, 11) is 0. The topological polar surface area (TPSA) is 35.2 Å². The van der Waals surface area contributed by atoms with E-state index in [1.165, 1.54) is 5.56 Å². The number of ether oxygens (including phenoxy) is 1. The van der Waals surface area contributed by atoms with Gasteiger partial charge in [0.1, 0.15) is 11.9 Å². The molecule has 1 heterocycles. The van der Waals surface area contributed by atoms with Crippen LogP contribution < -0.4 is 10.5 Å². The molecule has 20 heavy (non-hydrogen) atoms. The first-order valence-electron chi connectivity index (χ1n) is 6.52. The second kappa shape index (κ2) is 5.40. The van der Waals surface area contributed by atoms with E-state index < -0.39 is 0 Å². The molecule has 0 amide bonds. The Morgan fingerprint density at radius 3 is 2.80 bits per heavy atom. The molecule has 0 fully saturated rings. The van der Waals surface area contributed by atoms with Crippen LogP contribution in [0.5, 0.6) is 5.75 Å². The highest BCUT2D eigenvalue weighted by Gasteiger charge is 2.27. The number of halogens is 2. The van der Waals surface area contributed by atoms with Crippen molar-refractivity contribution in [3.05, 3.63) is 62.6 Å². The van der Waals surface area contributed by atoms with Gasteiger partial charge in [0.25, 0.3) is 0 Å².